The number of thioether (sulfide) groups is 1. The van der Waals surface area contributed by atoms with E-state index in [0.29, 0.717) is 19.8 Å². The maximum Gasteiger partial charge on any atom is 0.500 e. The summed E-state index contributed by atoms with van der Waals surface area (Å²) in [5, 5.41) is 5.42. The first-order valence-electron chi connectivity index (χ1n) is 9.63. The van der Waals surface area contributed by atoms with Crippen molar-refractivity contribution in [3.8, 4) is 0 Å². The quantitative estimate of drug-likeness (QED) is 0.237. The third kappa shape index (κ3) is 9.19. The molecule has 0 aliphatic heterocycles. The van der Waals surface area contributed by atoms with Gasteiger partial charge in [-0.2, -0.15) is 0 Å². The van der Waals surface area contributed by atoms with Crippen LogP contribution in [0.5, 0.6) is 0 Å². The summed E-state index contributed by atoms with van der Waals surface area (Å²) in [5.74, 6) is 1.10. The van der Waals surface area contributed by atoms with Gasteiger partial charge in [-0.25, -0.2) is 4.98 Å². The van der Waals surface area contributed by atoms with Crippen molar-refractivity contribution < 1.29 is 13.3 Å². The van der Waals surface area contributed by atoms with Gasteiger partial charge in [-0.1, -0.05) is 37.9 Å². The van der Waals surface area contributed by atoms with E-state index in [1.165, 1.54) is 25.7 Å². The summed E-state index contributed by atoms with van der Waals surface area (Å²) >= 11 is 1.75. The largest absolute Gasteiger partial charge is 0.500 e. The topological polar surface area (TPSA) is 58.4 Å². The van der Waals surface area contributed by atoms with Crippen LogP contribution in [0.25, 0.3) is 0 Å². The van der Waals surface area contributed by atoms with Crippen LogP contribution in [-0.2, 0) is 19.8 Å². The monoisotopic (exact) mass is 389 g/mol. The Bertz CT molecular complexity index is 432. The number of nitrogens with zero attached hydrogens (tertiary/aromatic N) is 3. The normalized spacial score (nSPS) is 12.0. The van der Waals surface area contributed by atoms with Gasteiger partial charge in [0.05, 0.1) is 0 Å². The Balaban J connectivity index is 2.38. The minimum absolute atomic E-state index is 0.619. The molecule has 0 saturated heterocycles. The van der Waals surface area contributed by atoms with Crippen molar-refractivity contribution >= 4 is 20.6 Å². The fourth-order valence-corrected chi connectivity index (χ4v) is 6.01. The van der Waals surface area contributed by atoms with Gasteiger partial charge in [0.15, 0.2) is 0 Å². The van der Waals surface area contributed by atoms with Gasteiger partial charge >= 0.3 is 8.80 Å². The Morgan fingerprint density at radius 2 is 1.64 bits per heavy atom. The molecule has 1 heterocycles. The molecular formula is C17H35N3O3SSi. The highest BCUT2D eigenvalue weighted by Gasteiger charge is 2.39. The Labute approximate surface area is 158 Å². The second-order valence-corrected chi connectivity index (χ2v) is 9.58. The van der Waals surface area contributed by atoms with Gasteiger partial charge in [0.2, 0.25) is 5.16 Å². The van der Waals surface area contributed by atoms with Crippen LogP contribution < -0.4 is 0 Å². The molecule has 0 N–H and O–H groups in total. The summed E-state index contributed by atoms with van der Waals surface area (Å²) in [6.07, 6.45) is 7.85. The lowest BCUT2D eigenvalue weighted by molar-refractivity contribution is 0.0704. The van der Waals surface area contributed by atoms with Gasteiger partial charge in [-0.3, -0.25) is 4.68 Å². The first kappa shape index (κ1) is 22.6. The molecule has 0 fully saturated rings. The lowest BCUT2D eigenvalue weighted by Crippen LogP contribution is -2.46. The van der Waals surface area contributed by atoms with Crippen LogP contribution in [0.3, 0.4) is 0 Å². The molecule has 0 atom stereocenters. The Hall–Kier alpha value is -0.413. The van der Waals surface area contributed by atoms with Crippen LogP contribution in [0.1, 0.15) is 59.8 Å². The van der Waals surface area contributed by atoms with Gasteiger partial charge in [0.1, 0.15) is 6.33 Å². The zero-order valence-corrected chi connectivity index (χ0v) is 18.1. The molecule has 0 bridgehead atoms. The smallest absolute Gasteiger partial charge is 0.374 e. The lowest BCUT2D eigenvalue weighted by atomic mass is 10.2. The van der Waals surface area contributed by atoms with Crippen molar-refractivity contribution in [2.24, 2.45) is 0 Å². The van der Waals surface area contributed by atoms with Gasteiger partial charge < -0.3 is 13.3 Å². The molecular weight excluding hydrogens is 354 g/mol. The fraction of sp³-hybridized carbons (Fsp3) is 0.882. The summed E-state index contributed by atoms with van der Waals surface area (Å²) in [7, 11) is -2.54. The van der Waals surface area contributed by atoms with Crippen molar-refractivity contribution in [1.82, 2.24) is 14.8 Å². The van der Waals surface area contributed by atoms with Crippen molar-refractivity contribution in [3.63, 3.8) is 0 Å². The molecule has 1 aromatic rings. The van der Waals surface area contributed by atoms with Crippen molar-refractivity contribution in [2.45, 2.75) is 77.5 Å². The van der Waals surface area contributed by atoms with E-state index in [1.54, 1.807) is 11.8 Å². The van der Waals surface area contributed by atoms with E-state index in [4.69, 9.17) is 13.3 Å². The molecule has 6 nitrogen and oxygen atoms in total. The summed E-state index contributed by atoms with van der Waals surface area (Å²) in [5.41, 5.74) is 0. The Morgan fingerprint density at radius 3 is 2.24 bits per heavy atom. The summed E-state index contributed by atoms with van der Waals surface area (Å²) in [6, 6.07) is 0.807. The van der Waals surface area contributed by atoms with Crippen LogP contribution in [0.2, 0.25) is 6.04 Å². The zero-order valence-electron chi connectivity index (χ0n) is 16.3. The molecule has 0 aromatic carbocycles. The van der Waals surface area contributed by atoms with E-state index >= 15 is 0 Å². The zero-order chi connectivity index (χ0) is 18.4. The lowest BCUT2D eigenvalue weighted by Gasteiger charge is -2.28. The average Bonchev–Trinajstić information content (AvgIpc) is 3.03. The molecule has 0 saturated carbocycles. The van der Waals surface area contributed by atoms with Gasteiger partial charge in [-0.15, -0.1) is 5.10 Å². The van der Waals surface area contributed by atoms with Gasteiger partial charge in [-0.05, 0) is 33.6 Å². The Morgan fingerprint density at radius 1 is 0.960 bits per heavy atom. The predicted octanol–water partition coefficient (Wildman–Crippen LogP) is 4.39. The number of hydrogen-bond acceptors (Lipinski definition) is 6. The minimum atomic E-state index is -2.54. The summed E-state index contributed by atoms with van der Waals surface area (Å²) in [4.78, 5) is 4.39. The van der Waals surface area contributed by atoms with Crippen LogP contribution in [0.15, 0.2) is 11.5 Å². The highest BCUT2D eigenvalue weighted by atomic mass is 32.2. The third-order valence-corrected chi connectivity index (χ3v) is 7.80. The second kappa shape index (κ2) is 13.7. The molecule has 25 heavy (non-hydrogen) atoms. The second-order valence-electron chi connectivity index (χ2n) is 5.78. The molecule has 0 aliphatic rings. The molecule has 0 amide bonds. The number of rotatable bonds is 16. The number of aromatic nitrogens is 3. The molecule has 0 spiro atoms. The summed E-state index contributed by atoms with van der Waals surface area (Å²) < 4.78 is 19.6. The summed E-state index contributed by atoms with van der Waals surface area (Å²) in [6.45, 7) is 10.9. The first-order valence-corrected chi connectivity index (χ1v) is 12.6. The predicted molar refractivity (Wildman–Crippen MR) is 105 cm³/mol. The third-order valence-electron chi connectivity index (χ3n) is 3.71. The SMILES string of the molecule is CCCCCCSc1ncn(CCC[Si](OCC)(OCC)OCC)n1. The maximum atomic E-state index is 5.88. The first-order chi connectivity index (χ1) is 12.2. The Kier molecular flexibility index (Phi) is 12.4. The van der Waals surface area contributed by atoms with E-state index in [-0.39, 0.29) is 0 Å². The molecule has 1 rings (SSSR count). The van der Waals surface area contributed by atoms with Crippen LogP contribution in [0.4, 0.5) is 0 Å². The molecule has 146 valence electrons. The van der Waals surface area contributed by atoms with Gasteiger partial charge in [0.25, 0.3) is 0 Å². The van der Waals surface area contributed by atoms with E-state index in [1.807, 2.05) is 31.8 Å². The number of aryl methyl sites for hydroxylation is 1. The number of hydrogen-bond donors (Lipinski definition) is 0. The van der Waals surface area contributed by atoms with Crippen molar-refractivity contribution in [3.05, 3.63) is 6.33 Å². The van der Waals surface area contributed by atoms with E-state index in [9.17, 15) is 0 Å². The molecule has 8 heteroatoms. The standard InChI is InChI=1S/C17H35N3O3SSi/c1-5-9-10-11-14-24-17-18-16-20(19-17)13-12-15-25(21-6-2,22-7-3)23-8-4/h16H,5-15H2,1-4H3. The van der Waals surface area contributed by atoms with E-state index < -0.39 is 8.80 Å². The van der Waals surface area contributed by atoms with E-state index in [2.05, 4.69) is 17.0 Å². The average molecular weight is 390 g/mol. The fourth-order valence-electron chi connectivity index (χ4n) is 2.60. The van der Waals surface area contributed by atoms with Crippen LogP contribution >= 0.6 is 11.8 Å². The molecule has 0 unspecified atom stereocenters. The molecule has 1 aromatic heterocycles. The highest BCUT2D eigenvalue weighted by Crippen LogP contribution is 2.19. The maximum absolute atomic E-state index is 5.88. The van der Waals surface area contributed by atoms with Crippen molar-refractivity contribution in [1.29, 1.82) is 0 Å². The van der Waals surface area contributed by atoms with Crippen LogP contribution in [0, 0.1) is 0 Å². The molecule has 0 radical (unpaired) electrons. The highest BCUT2D eigenvalue weighted by molar-refractivity contribution is 7.99. The van der Waals surface area contributed by atoms with Crippen molar-refractivity contribution in [2.75, 3.05) is 25.6 Å². The number of unbranched alkanes of at least 4 members (excludes halogenated alkanes) is 3. The molecule has 0 aliphatic carbocycles. The van der Waals surface area contributed by atoms with E-state index in [0.717, 1.165) is 29.9 Å². The minimum Gasteiger partial charge on any atom is -0.374 e. The van der Waals surface area contributed by atoms with Gasteiger partial charge in [0, 0.05) is 38.2 Å². The van der Waals surface area contributed by atoms with Crippen LogP contribution in [-0.4, -0.2) is 49.1 Å².